The predicted octanol–water partition coefficient (Wildman–Crippen LogP) is 5.48. The van der Waals surface area contributed by atoms with Crippen LogP contribution in [-0.4, -0.2) is 28.9 Å². The number of para-hydroxylation sites is 1. The largest absolute Gasteiger partial charge is 0.361 e. The summed E-state index contributed by atoms with van der Waals surface area (Å²) in [5.41, 5.74) is 3.85. The number of rotatable bonds is 8. The minimum Gasteiger partial charge on any atom is -0.361 e. The first-order valence-electron chi connectivity index (χ1n) is 12.9. The number of carbonyl (C=O) groups excluding carboxylic acids is 2. The van der Waals surface area contributed by atoms with Crippen LogP contribution in [0, 0.1) is 0 Å². The molecule has 1 atom stereocenters. The molecule has 0 unspecified atom stereocenters. The molecule has 36 heavy (non-hydrogen) atoms. The van der Waals surface area contributed by atoms with Crippen molar-refractivity contribution in [1.82, 2.24) is 15.6 Å². The molecule has 1 aromatic heterocycles. The van der Waals surface area contributed by atoms with Gasteiger partial charge in [-0.2, -0.15) is 0 Å². The van der Waals surface area contributed by atoms with Gasteiger partial charge in [0.1, 0.15) is 6.04 Å². The molecule has 3 N–H and O–H groups in total. The molecule has 1 fully saturated rings. The average Bonchev–Trinajstić information content (AvgIpc) is 3.33. The highest BCUT2D eigenvalue weighted by Gasteiger charge is 2.30. The smallest absolute Gasteiger partial charge is 0.243 e. The van der Waals surface area contributed by atoms with E-state index in [2.05, 4.69) is 21.7 Å². The van der Waals surface area contributed by atoms with Gasteiger partial charge in [-0.3, -0.25) is 9.59 Å². The molecule has 1 heterocycles. The molecule has 5 nitrogen and oxygen atoms in total. The minimum atomic E-state index is -0.673. The standard InChI is InChI=1S/C31H33N3O2/c35-30(33-25-16-8-3-9-17-25)28(20-24-21-32-27-19-11-10-18-26(24)27)34-31(36)29(22-12-4-1-5-13-22)23-14-6-2-7-15-23/h1-2,4-7,10-15,18-19,21,25,28-29,32H,3,8-9,16-17,20H2,(H,33,35)(H,34,36)/t28-/m0/s1. The maximum atomic E-state index is 13.8. The number of nitrogens with one attached hydrogen (secondary N) is 3. The molecular weight excluding hydrogens is 446 g/mol. The first-order valence-corrected chi connectivity index (χ1v) is 12.9. The van der Waals surface area contributed by atoms with Crippen molar-refractivity contribution in [3.05, 3.63) is 108 Å². The Bertz CT molecular complexity index is 1250. The molecule has 1 aliphatic rings. The van der Waals surface area contributed by atoms with E-state index in [1.807, 2.05) is 85.1 Å². The van der Waals surface area contributed by atoms with Gasteiger partial charge in [0.25, 0.3) is 0 Å². The van der Waals surface area contributed by atoms with Crippen LogP contribution in [0.2, 0.25) is 0 Å². The van der Waals surface area contributed by atoms with E-state index in [9.17, 15) is 9.59 Å². The number of hydrogen-bond donors (Lipinski definition) is 3. The highest BCUT2D eigenvalue weighted by molar-refractivity contribution is 5.93. The minimum absolute atomic E-state index is 0.111. The molecule has 1 saturated carbocycles. The highest BCUT2D eigenvalue weighted by Crippen LogP contribution is 2.26. The first-order chi connectivity index (χ1) is 17.7. The van der Waals surface area contributed by atoms with Gasteiger partial charge in [0, 0.05) is 29.6 Å². The lowest BCUT2D eigenvalue weighted by molar-refractivity contribution is -0.129. The maximum absolute atomic E-state index is 13.8. The fourth-order valence-corrected chi connectivity index (χ4v) is 5.32. The summed E-state index contributed by atoms with van der Waals surface area (Å²) < 4.78 is 0. The van der Waals surface area contributed by atoms with Gasteiger partial charge in [0.15, 0.2) is 0 Å². The first kappa shape index (κ1) is 23.9. The Morgan fingerprint density at radius 3 is 2.06 bits per heavy atom. The number of H-pyrrole nitrogens is 1. The van der Waals surface area contributed by atoms with Crippen LogP contribution in [0.15, 0.2) is 91.1 Å². The molecule has 0 aliphatic heterocycles. The van der Waals surface area contributed by atoms with Gasteiger partial charge in [-0.25, -0.2) is 0 Å². The fourth-order valence-electron chi connectivity index (χ4n) is 5.32. The van der Waals surface area contributed by atoms with Crippen molar-refractivity contribution < 1.29 is 9.59 Å². The molecule has 184 valence electrons. The summed E-state index contributed by atoms with van der Waals surface area (Å²) in [5, 5.41) is 7.45. The summed E-state index contributed by atoms with van der Waals surface area (Å²) in [7, 11) is 0. The van der Waals surface area contributed by atoms with Crippen molar-refractivity contribution >= 4 is 22.7 Å². The van der Waals surface area contributed by atoms with Crippen LogP contribution in [0.3, 0.4) is 0 Å². The lowest BCUT2D eigenvalue weighted by Crippen LogP contribution is -2.52. The van der Waals surface area contributed by atoms with Gasteiger partial charge in [0.2, 0.25) is 11.8 Å². The Hall–Kier alpha value is -3.86. The second-order valence-corrected chi connectivity index (χ2v) is 9.72. The molecule has 5 rings (SSSR count). The van der Waals surface area contributed by atoms with Crippen LogP contribution in [0.25, 0.3) is 10.9 Å². The van der Waals surface area contributed by atoms with E-state index in [4.69, 9.17) is 0 Å². The highest BCUT2D eigenvalue weighted by atomic mass is 16.2. The van der Waals surface area contributed by atoms with Crippen molar-refractivity contribution in [2.75, 3.05) is 0 Å². The van der Waals surface area contributed by atoms with Crippen molar-refractivity contribution in [3.8, 4) is 0 Å². The summed E-state index contributed by atoms with van der Waals surface area (Å²) in [6.45, 7) is 0. The van der Waals surface area contributed by atoms with Gasteiger partial charge < -0.3 is 15.6 Å². The number of amides is 2. The molecular formula is C31H33N3O2. The van der Waals surface area contributed by atoms with Gasteiger partial charge in [-0.1, -0.05) is 98.1 Å². The molecule has 4 aromatic rings. The molecule has 3 aromatic carbocycles. The lowest BCUT2D eigenvalue weighted by Gasteiger charge is -2.27. The number of fused-ring (bicyclic) bond motifs is 1. The third-order valence-electron chi connectivity index (χ3n) is 7.21. The summed E-state index contributed by atoms with van der Waals surface area (Å²) in [5.74, 6) is -0.781. The van der Waals surface area contributed by atoms with E-state index in [1.165, 1.54) is 6.42 Å². The van der Waals surface area contributed by atoms with E-state index < -0.39 is 12.0 Å². The second-order valence-electron chi connectivity index (χ2n) is 9.72. The Morgan fingerprint density at radius 2 is 1.39 bits per heavy atom. The normalized spacial score (nSPS) is 15.0. The van der Waals surface area contributed by atoms with Crippen LogP contribution in [0.4, 0.5) is 0 Å². The average molecular weight is 480 g/mol. The van der Waals surface area contributed by atoms with Crippen molar-refractivity contribution in [1.29, 1.82) is 0 Å². The van der Waals surface area contributed by atoms with Gasteiger partial charge in [-0.05, 0) is 35.6 Å². The lowest BCUT2D eigenvalue weighted by atomic mass is 9.90. The van der Waals surface area contributed by atoms with Crippen molar-refractivity contribution in [3.63, 3.8) is 0 Å². The van der Waals surface area contributed by atoms with Crippen LogP contribution >= 0.6 is 0 Å². The molecule has 2 amide bonds. The molecule has 5 heteroatoms. The molecule has 0 bridgehead atoms. The number of carbonyl (C=O) groups is 2. The van der Waals surface area contributed by atoms with Gasteiger partial charge >= 0.3 is 0 Å². The third kappa shape index (κ3) is 5.51. The zero-order chi connectivity index (χ0) is 24.7. The third-order valence-corrected chi connectivity index (χ3v) is 7.21. The second kappa shape index (κ2) is 11.3. The van der Waals surface area contributed by atoms with Crippen LogP contribution in [0.1, 0.15) is 54.7 Å². The SMILES string of the molecule is O=C(N[C@@H](Cc1c[nH]c2ccccc12)C(=O)NC1CCCCC1)C(c1ccccc1)c1ccccc1. The van der Waals surface area contributed by atoms with E-state index in [-0.39, 0.29) is 17.9 Å². The summed E-state index contributed by atoms with van der Waals surface area (Å²) in [4.78, 5) is 30.7. The van der Waals surface area contributed by atoms with Crippen molar-refractivity contribution in [2.24, 2.45) is 0 Å². The number of benzene rings is 3. The summed E-state index contributed by atoms with van der Waals surface area (Å²) >= 11 is 0. The predicted molar refractivity (Wildman–Crippen MR) is 144 cm³/mol. The topological polar surface area (TPSA) is 74.0 Å². The van der Waals surface area contributed by atoms with E-state index in [0.717, 1.165) is 53.3 Å². The monoisotopic (exact) mass is 479 g/mol. The van der Waals surface area contributed by atoms with E-state index in [1.54, 1.807) is 0 Å². The fraction of sp³-hybridized carbons (Fsp3) is 0.290. The van der Waals surface area contributed by atoms with Gasteiger partial charge in [-0.15, -0.1) is 0 Å². The summed E-state index contributed by atoms with van der Waals surface area (Å²) in [6.07, 6.45) is 7.85. The summed E-state index contributed by atoms with van der Waals surface area (Å²) in [6, 6.07) is 27.1. The van der Waals surface area contributed by atoms with Gasteiger partial charge in [0.05, 0.1) is 5.92 Å². The molecule has 0 spiro atoms. The Balaban J connectivity index is 1.43. The van der Waals surface area contributed by atoms with E-state index in [0.29, 0.717) is 6.42 Å². The van der Waals surface area contributed by atoms with Crippen molar-refractivity contribution in [2.45, 2.75) is 56.5 Å². The quantitative estimate of drug-likeness (QED) is 0.313. The number of aromatic nitrogens is 1. The maximum Gasteiger partial charge on any atom is 0.243 e. The Kier molecular flexibility index (Phi) is 7.46. The molecule has 1 aliphatic carbocycles. The Labute approximate surface area is 212 Å². The van der Waals surface area contributed by atoms with Crippen LogP contribution in [-0.2, 0) is 16.0 Å². The van der Waals surface area contributed by atoms with Crippen LogP contribution < -0.4 is 10.6 Å². The zero-order valence-electron chi connectivity index (χ0n) is 20.5. The molecule has 0 saturated heterocycles. The molecule has 0 radical (unpaired) electrons. The Morgan fingerprint density at radius 1 is 0.778 bits per heavy atom. The number of hydrogen-bond acceptors (Lipinski definition) is 2. The number of aromatic amines is 1. The van der Waals surface area contributed by atoms with E-state index >= 15 is 0 Å². The van der Waals surface area contributed by atoms with Crippen LogP contribution in [0.5, 0.6) is 0 Å². The zero-order valence-corrected chi connectivity index (χ0v) is 20.5.